The van der Waals surface area contributed by atoms with Crippen LogP contribution in [0.4, 0.5) is 5.82 Å². The van der Waals surface area contributed by atoms with Gasteiger partial charge in [-0.25, -0.2) is 4.98 Å². The number of amides is 2. The van der Waals surface area contributed by atoms with Gasteiger partial charge in [-0.15, -0.1) is 0 Å². The molecule has 1 aromatic heterocycles. The Bertz CT molecular complexity index is 888. The Balaban J connectivity index is 1.32. The molecule has 0 N–H and O–H groups in total. The molecule has 1 aromatic carbocycles. The van der Waals surface area contributed by atoms with Gasteiger partial charge in [0.25, 0.3) is 0 Å². The van der Waals surface area contributed by atoms with E-state index in [0.29, 0.717) is 32.6 Å². The topological polar surface area (TPSA) is 56.8 Å². The molecule has 2 fully saturated rings. The third-order valence-corrected chi connectivity index (χ3v) is 5.87. The normalized spacial score (nSPS) is 19.7. The maximum Gasteiger partial charge on any atom is 0.228 e. The van der Waals surface area contributed by atoms with Crippen LogP contribution in [-0.4, -0.2) is 59.3 Å². The van der Waals surface area contributed by atoms with Crippen LogP contribution >= 0.6 is 0 Å². The summed E-state index contributed by atoms with van der Waals surface area (Å²) >= 11 is 0. The lowest BCUT2D eigenvalue weighted by atomic mass is 10.1. The van der Waals surface area contributed by atoms with E-state index in [0.717, 1.165) is 24.5 Å². The van der Waals surface area contributed by atoms with Gasteiger partial charge in [-0.05, 0) is 37.1 Å². The summed E-state index contributed by atoms with van der Waals surface area (Å²) in [5.41, 5.74) is 3.50. The zero-order valence-corrected chi connectivity index (χ0v) is 17.2. The van der Waals surface area contributed by atoms with Crippen LogP contribution < -0.4 is 4.90 Å². The maximum atomic E-state index is 13.0. The van der Waals surface area contributed by atoms with E-state index in [-0.39, 0.29) is 17.7 Å². The Morgan fingerprint density at radius 3 is 2.45 bits per heavy atom. The van der Waals surface area contributed by atoms with Crippen LogP contribution in [0.5, 0.6) is 0 Å². The van der Waals surface area contributed by atoms with Gasteiger partial charge in [0.2, 0.25) is 11.8 Å². The smallest absolute Gasteiger partial charge is 0.228 e. The first-order valence-electron chi connectivity index (χ1n) is 10.3. The predicted molar refractivity (Wildman–Crippen MR) is 112 cm³/mol. The number of hydrogen-bond donors (Lipinski definition) is 0. The van der Waals surface area contributed by atoms with E-state index in [9.17, 15) is 9.59 Å². The summed E-state index contributed by atoms with van der Waals surface area (Å²) < 4.78 is 0. The van der Waals surface area contributed by atoms with E-state index in [4.69, 9.17) is 0 Å². The van der Waals surface area contributed by atoms with Gasteiger partial charge < -0.3 is 14.7 Å². The largest absolute Gasteiger partial charge is 0.353 e. The van der Waals surface area contributed by atoms with Crippen molar-refractivity contribution in [1.29, 1.82) is 0 Å². The molecule has 152 valence electrons. The molecule has 3 heterocycles. The Kier molecular flexibility index (Phi) is 5.51. The zero-order chi connectivity index (χ0) is 20.4. The third kappa shape index (κ3) is 4.42. The Morgan fingerprint density at radius 1 is 1.03 bits per heavy atom. The first-order valence-corrected chi connectivity index (χ1v) is 10.3. The van der Waals surface area contributed by atoms with Crippen molar-refractivity contribution in [3.8, 4) is 0 Å². The molecule has 0 radical (unpaired) electrons. The number of hydrogen-bond acceptors (Lipinski definition) is 4. The van der Waals surface area contributed by atoms with Crippen LogP contribution in [0.15, 0.2) is 42.6 Å². The highest BCUT2D eigenvalue weighted by molar-refractivity contribution is 5.89. The van der Waals surface area contributed by atoms with Gasteiger partial charge in [0.05, 0.1) is 5.92 Å². The van der Waals surface area contributed by atoms with Gasteiger partial charge in [-0.2, -0.15) is 0 Å². The number of carbonyl (C=O) groups is 2. The van der Waals surface area contributed by atoms with Crippen molar-refractivity contribution in [2.45, 2.75) is 26.8 Å². The molecule has 0 spiro atoms. The van der Waals surface area contributed by atoms with Gasteiger partial charge in [0.1, 0.15) is 5.82 Å². The van der Waals surface area contributed by atoms with Crippen LogP contribution in [0.2, 0.25) is 0 Å². The summed E-state index contributed by atoms with van der Waals surface area (Å²) in [5, 5.41) is 0. The molecule has 0 saturated carbocycles. The Labute approximate surface area is 172 Å². The molecule has 2 amide bonds. The highest BCUT2D eigenvalue weighted by Crippen LogP contribution is 2.24. The minimum absolute atomic E-state index is 0.0755. The molecule has 1 atom stereocenters. The van der Waals surface area contributed by atoms with Crippen molar-refractivity contribution in [1.82, 2.24) is 14.8 Å². The number of rotatable bonds is 4. The number of anilines is 1. The molecule has 2 saturated heterocycles. The van der Waals surface area contributed by atoms with Crippen LogP contribution in [0.1, 0.15) is 23.1 Å². The number of piperazine rings is 1. The number of nitrogens with zero attached hydrogens (tertiary/aromatic N) is 4. The van der Waals surface area contributed by atoms with Gasteiger partial charge in [-0.3, -0.25) is 9.59 Å². The molecule has 6 nitrogen and oxygen atoms in total. The second kappa shape index (κ2) is 8.23. The molecule has 0 bridgehead atoms. The lowest BCUT2D eigenvalue weighted by Gasteiger charge is -2.36. The van der Waals surface area contributed by atoms with E-state index in [1.165, 1.54) is 11.1 Å². The van der Waals surface area contributed by atoms with E-state index in [2.05, 4.69) is 47.1 Å². The van der Waals surface area contributed by atoms with Crippen molar-refractivity contribution in [3.63, 3.8) is 0 Å². The van der Waals surface area contributed by atoms with Gasteiger partial charge >= 0.3 is 0 Å². The van der Waals surface area contributed by atoms with E-state index in [1.807, 2.05) is 29.0 Å². The van der Waals surface area contributed by atoms with Crippen molar-refractivity contribution in [2.24, 2.45) is 5.92 Å². The zero-order valence-electron chi connectivity index (χ0n) is 17.2. The fourth-order valence-corrected chi connectivity index (χ4v) is 4.11. The van der Waals surface area contributed by atoms with Gasteiger partial charge in [0, 0.05) is 51.9 Å². The molecule has 4 rings (SSSR count). The molecular weight excluding hydrogens is 364 g/mol. The number of aryl methyl sites for hydroxylation is 2. The maximum absolute atomic E-state index is 13.0. The molecule has 0 aliphatic carbocycles. The summed E-state index contributed by atoms with van der Waals surface area (Å²) in [7, 11) is 0. The summed E-state index contributed by atoms with van der Waals surface area (Å²) in [6.45, 7) is 8.11. The molecule has 1 unspecified atom stereocenters. The first-order chi connectivity index (χ1) is 14.0. The van der Waals surface area contributed by atoms with Crippen LogP contribution in [0.3, 0.4) is 0 Å². The minimum Gasteiger partial charge on any atom is -0.353 e. The first kappa shape index (κ1) is 19.4. The number of benzene rings is 1. The van der Waals surface area contributed by atoms with Crippen molar-refractivity contribution >= 4 is 17.6 Å². The average molecular weight is 393 g/mol. The quantitative estimate of drug-likeness (QED) is 0.802. The molecule has 2 aliphatic rings. The fourth-order valence-electron chi connectivity index (χ4n) is 4.11. The average Bonchev–Trinajstić information content (AvgIpc) is 3.09. The number of carbonyl (C=O) groups excluding carboxylic acids is 2. The predicted octanol–water partition coefficient (Wildman–Crippen LogP) is 2.40. The Morgan fingerprint density at radius 2 is 1.76 bits per heavy atom. The number of likely N-dealkylation sites (tertiary alicyclic amines) is 1. The summed E-state index contributed by atoms with van der Waals surface area (Å²) in [6.07, 6.45) is 2.15. The second-order valence-corrected chi connectivity index (χ2v) is 8.16. The lowest BCUT2D eigenvalue weighted by Crippen LogP contribution is -2.51. The molecule has 2 aliphatic heterocycles. The molecule has 29 heavy (non-hydrogen) atoms. The SMILES string of the molecule is Cc1ccc(CN2CC(C(=O)N3CCN(c4cc(C)ccn4)CC3)CC2=O)cc1. The molecular formula is C23H28N4O2. The summed E-state index contributed by atoms with van der Waals surface area (Å²) in [5.74, 6) is 0.933. The lowest BCUT2D eigenvalue weighted by molar-refractivity contribution is -0.136. The van der Waals surface area contributed by atoms with Crippen molar-refractivity contribution < 1.29 is 9.59 Å². The fraction of sp³-hybridized carbons (Fsp3) is 0.435. The highest BCUT2D eigenvalue weighted by Gasteiger charge is 2.37. The highest BCUT2D eigenvalue weighted by atomic mass is 16.2. The third-order valence-electron chi connectivity index (χ3n) is 5.87. The summed E-state index contributed by atoms with van der Waals surface area (Å²) in [4.78, 5) is 35.9. The van der Waals surface area contributed by atoms with Crippen LogP contribution in [-0.2, 0) is 16.1 Å². The second-order valence-electron chi connectivity index (χ2n) is 8.16. The van der Waals surface area contributed by atoms with Crippen molar-refractivity contribution in [3.05, 3.63) is 59.3 Å². The number of aromatic nitrogens is 1. The summed E-state index contributed by atoms with van der Waals surface area (Å²) in [6, 6.07) is 12.3. The van der Waals surface area contributed by atoms with Crippen molar-refractivity contribution in [2.75, 3.05) is 37.6 Å². The Hall–Kier alpha value is -2.89. The molecule has 2 aromatic rings. The van der Waals surface area contributed by atoms with Gasteiger partial charge in [0.15, 0.2) is 0 Å². The van der Waals surface area contributed by atoms with Crippen LogP contribution in [0.25, 0.3) is 0 Å². The minimum atomic E-state index is -0.225. The monoisotopic (exact) mass is 392 g/mol. The standard InChI is InChI=1S/C23H28N4O2/c1-17-3-5-19(6-4-17)15-27-16-20(14-22(27)28)23(29)26-11-9-25(10-12-26)21-13-18(2)7-8-24-21/h3-8,13,20H,9-12,14-16H2,1-2H3. The number of pyridine rings is 1. The molecule has 6 heteroatoms. The van der Waals surface area contributed by atoms with E-state index >= 15 is 0 Å². The van der Waals surface area contributed by atoms with Gasteiger partial charge in [-0.1, -0.05) is 29.8 Å². The van der Waals surface area contributed by atoms with E-state index < -0.39 is 0 Å². The van der Waals surface area contributed by atoms with E-state index in [1.54, 1.807) is 0 Å². The van der Waals surface area contributed by atoms with Crippen LogP contribution in [0, 0.1) is 19.8 Å².